The summed E-state index contributed by atoms with van der Waals surface area (Å²) in [4.78, 5) is 6.70. The van der Waals surface area contributed by atoms with Gasteiger partial charge in [0.15, 0.2) is 0 Å². The zero-order valence-corrected chi connectivity index (χ0v) is 15.6. The molecule has 0 saturated carbocycles. The summed E-state index contributed by atoms with van der Waals surface area (Å²) in [6.07, 6.45) is 5.02. The van der Waals surface area contributed by atoms with Crippen LogP contribution in [0, 0.1) is 5.41 Å². The van der Waals surface area contributed by atoms with Crippen LogP contribution in [0.15, 0.2) is 34.4 Å². The van der Waals surface area contributed by atoms with Crippen molar-refractivity contribution in [2.24, 2.45) is 5.41 Å². The highest BCUT2D eigenvalue weighted by atomic mass is 16.5. The van der Waals surface area contributed by atoms with E-state index in [-0.39, 0.29) is 5.41 Å². The molecule has 1 aromatic heterocycles. The van der Waals surface area contributed by atoms with Crippen LogP contribution in [0.25, 0.3) is 5.57 Å². The van der Waals surface area contributed by atoms with E-state index in [1.165, 1.54) is 11.1 Å². The topological polar surface area (TPSA) is 54.2 Å². The number of piperazine rings is 1. The van der Waals surface area contributed by atoms with Crippen molar-refractivity contribution in [1.82, 2.24) is 15.5 Å². The minimum Gasteiger partial charge on any atom is -0.322 e. The van der Waals surface area contributed by atoms with Crippen molar-refractivity contribution in [1.29, 1.82) is 0 Å². The van der Waals surface area contributed by atoms with E-state index < -0.39 is 0 Å². The molecule has 1 aliphatic rings. The minimum atomic E-state index is 0.0954. The van der Waals surface area contributed by atoms with Gasteiger partial charge in [0.25, 0.3) is 0 Å². The standard InChI is InChI=1S/C19H30N4O/c1-7-15(13-16(14(3)4)19(5,6)8-2)17-21-18(24-22-17)23-11-9-20-10-12-23/h7,13,20H,1,8-12H2,2-6H3. The average Bonchev–Trinajstić information content (AvgIpc) is 3.06. The maximum absolute atomic E-state index is 5.47. The fraction of sp³-hybridized carbons (Fsp3) is 0.579. The normalized spacial score (nSPS) is 16.2. The Morgan fingerprint density at radius 3 is 2.54 bits per heavy atom. The molecule has 5 nitrogen and oxygen atoms in total. The maximum Gasteiger partial charge on any atom is 0.324 e. The van der Waals surface area contributed by atoms with E-state index in [4.69, 9.17) is 4.52 Å². The highest BCUT2D eigenvalue weighted by molar-refractivity contribution is 5.72. The molecule has 5 heteroatoms. The third-order valence-corrected chi connectivity index (χ3v) is 4.73. The number of rotatable bonds is 6. The first-order valence-corrected chi connectivity index (χ1v) is 8.71. The van der Waals surface area contributed by atoms with Gasteiger partial charge in [-0.2, -0.15) is 4.98 Å². The van der Waals surface area contributed by atoms with Gasteiger partial charge in [0.2, 0.25) is 5.82 Å². The maximum atomic E-state index is 5.47. The molecule has 24 heavy (non-hydrogen) atoms. The zero-order valence-electron chi connectivity index (χ0n) is 15.6. The highest BCUT2D eigenvalue weighted by Crippen LogP contribution is 2.35. The Morgan fingerprint density at radius 1 is 1.33 bits per heavy atom. The second-order valence-corrected chi connectivity index (χ2v) is 7.09. The molecular formula is C19H30N4O. The predicted molar refractivity (Wildman–Crippen MR) is 100 cm³/mol. The molecule has 0 atom stereocenters. The SMILES string of the molecule is C=CC(=CC(=C(C)C)C(C)(C)CC)c1noc(N2CCNCC2)n1. The van der Waals surface area contributed by atoms with E-state index in [1.807, 2.05) is 0 Å². The number of nitrogens with one attached hydrogen (secondary N) is 1. The largest absolute Gasteiger partial charge is 0.324 e. The molecule has 1 fully saturated rings. The molecule has 0 unspecified atom stereocenters. The van der Waals surface area contributed by atoms with E-state index in [2.05, 4.69) is 67.6 Å². The average molecular weight is 330 g/mol. The Morgan fingerprint density at radius 2 is 2.00 bits per heavy atom. The fourth-order valence-electron chi connectivity index (χ4n) is 2.89. The Kier molecular flexibility index (Phi) is 5.99. The van der Waals surface area contributed by atoms with Crippen molar-refractivity contribution in [3.8, 4) is 0 Å². The van der Waals surface area contributed by atoms with Crippen LogP contribution in [0.1, 0.15) is 46.9 Å². The summed E-state index contributed by atoms with van der Waals surface area (Å²) < 4.78 is 5.47. The van der Waals surface area contributed by atoms with Gasteiger partial charge in [-0.05, 0) is 37.3 Å². The van der Waals surface area contributed by atoms with Crippen LogP contribution in [-0.4, -0.2) is 36.3 Å². The van der Waals surface area contributed by atoms with Gasteiger partial charge in [0.1, 0.15) is 0 Å². The van der Waals surface area contributed by atoms with Crippen molar-refractivity contribution in [2.45, 2.75) is 41.0 Å². The molecule has 1 aliphatic heterocycles. The lowest BCUT2D eigenvalue weighted by Crippen LogP contribution is -2.43. The molecule has 1 saturated heterocycles. The molecule has 0 radical (unpaired) electrons. The molecule has 0 amide bonds. The summed E-state index contributed by atoms with van der Waals surface area (Å²) in [6, 6.07) is 0.591. The second kappa shape index (κ2) is 7.79. The van der Waals surface area contributed by atoms with E-state index in [0.29, 0.717) is 11.8 Å². The lowest BCUT2D eigenvalue weighted by Gasteiger charge is -2.26. The second-order valence-electron chi connectivity index (χ2n) is 7.09. The monoisotopic (exact) mass is 330 g/mol. The van der Waals surface area contributed by atoms with Crippen LogP contribution in [-0.2, 0) is 0 Å². The zero-order chi connectivity index (χ0) is 17.7. The molecule has 1 aromatic rings. The third-order valence-electron chi connectivity index (χ3n) is 4.73. The fourth-order valence-corrected chi connectivity index (χ4v) is 2.89. The van der Waals surface area contributed by atoms with Crippen molar-refractivity contribution < 1.29 is 4.52 Å². The Balaban J connectivity index is 2.32. The van der Waals surface area contributed by atoms with Crippen LogP contribution in [0.5, 0.6) is 0 Å². The van der Waals surface area contributed by atoms with Gasteiger partial charge in [0.05, 0.1) is 0 Å². The van der Waals surface area contributed by atoms with Gasteiger partial charge < -0.3 is 14.7 Å². The molecule has 2 rings (SSSR count). The van der Waals surface area contributed by atoms with Crippen molar-refractivity contribution in [3.05, 3.63) is 35.7 Å². The number of allylic oxidation sites excluding steroid dienone is 5. The molecular weight excluding hydrogens is 300 g/mol. The number of aromatic nitrogens is 2. The lowest BCUT2D eigenvalue weighted by atomic mass is 9.78. The Hall–Kier alpha value is -1.88. The molecule has 0 aromatic carbocycles. The summed E-state index contributed by atoms with van der Waals surface area (Å²) in [5, 5.41) is 7.49. The molecule has 0 aliphatic carbocycles. The number of hydrogen-bond donors (Lipinski definition) is 1. The van der Waals surface area contributed by atoms with Crippen molar-refractivity contribution >= 4 is 11.6 Å². The van der Waals surface area contributed by atoms with Gasteiger partial charge in [-0.25, -0.2) is 0 Å². The third kappa shape index (κ3) is 4.15. The molecule has 132 valence electrons. The van der Waals surface area contributed by atoms with Crippen LogP contribution < -0.4 is 10.2 Å². The van der Waals surface area contributed by atoms with Crippen LogP contribution >= 0.6 is 0 Å². The summed E-state index contributed by atoms with van der Waals surface area (Å²) >= 11 is 0. The first-order chi connectivity index (χ1) is 11.4. The van der Waals surface area contributed by atoms with Gasteiger partial charge in [-0.1, -0.05) is 44.2 Å². The predicted octanol–water partition coefficient (Wildman–Crippen LogP) is 3.82. The summed E-state index contributed by atoms with van der Waals surface area (Å²) in [7, 11) is 0. The Bertz CT molecular complexity index is 630. The van der Waals surface area contributed by atoms with Gasteiger partial charge in [-0.3, -0.25) is 0 Å². The first-order valence-electron chi connectivity index (χ1n) is 8.71. The number of hydrogen-bond acceptors (Lipinski definition) is 5. The van der Waals surface area contributed by atoms with Gasteiger partial charge in [0, 0.05) is 31.8 Å². The number of anilines is 1. The molecule has 2 heterocycles. The van der Waals surface area contributed by atoms with Gasteiger partial charge in [-0.15, -0.1) is 0 Å². The van der Waals surface area contributed by atoms with E-state index in [9.17, 15) is 0 Å². The van der Waals surface area contributed by atoms with Crippen molar-refractivity contribution in [3.63, 3.8) is 0 Å². The molecule has 0 spiro atoms. The van der Waals surface area contributed by atoms with E-state index in [0.717, 1.165) is 38.2 Å². The van der Waals surface area contributed by atoms with Crippen LogP contribution in [0.3, 0.4) is 0 Å². The van der Waals surface area contributed by atoms with Crippen LogP contribution in [0.2, 0.25) is 0 Å². The summed E-state index contributed by atoms with van der Waals surface area (Å²) in [5.41, 5.74) is 3.59. The molecule has 0 bridgehead atoms. The van der Waals surface area contributed by atoms with Crippen LogP contribution in [0.4, 0.5) is 6.01 Å². The van der Waals surface area contributed by atoms with E-state index in [1.54, 1.807) is 6.08 Å². The highest BCUT2D eigenvalue weighted by Gasteiger charge is 2.22. The Labute approximate surface area is 145 Å². The van der Waals surface area contributed by atoms with E-state index >= 15 is 0 Å². The lowest BCUT2D eigenvalue weighted by molar-refractivity contribution is 0.402. The number of nitrogens with zero attached hydrogens (tertiary/aromatic N) is 3. The smallest absolute Gasteiger partial charge is 0.322 e. The van der Waals surface area contributed by atoms with Crippen molar-refractivity contribution in [2.75, 3.05) is 31.1 Å². The quantitative estimate of drug-likeness (QED) is 0.804. The molecule has 1 N–H and O–H groups in total. The summed E-state index contributed by atoms with van der Waals surface area (Å²) in [5.74, 6) is 0.601. The minimum absolute atomic E-state index is 0.0954. The van der Waals surface area contributed by atoms with Gasteiger partial charge >= 0.3 is 6.01 Å². The summed E-state index contributed by atoms with van der Waals surface area (Å²) in [6.45, 7) is 18.6. The first kappa shape index (κ1) is 18.5.